The molecule has 0 saturated carbocycles. The van der Waals surface area contributed by atoms with Gasteiger partial charge in [-0.2, -0.15) is 5.10 Å². The smallest absolute Gasteiger partial charge is 0.271 e. The van der Waals surface area contributed by atoms with Gasteiger partial charge in [0.2, 0.25) is 0 Å². The lowest BCUT2D eigenvalue weighted by Crippen LogP contribution is -2.43. The summed E-state index contributed by atoms with van der Waals surface area (Å²) in [6, 6.07) is 12.6. The molecule has 0 radical (unpaired) electrons. The average Bonchev–Trinajstić information content (AvgIpc) is 2.83. The quantitative estimate of drug-likeness (QED) is 0.518. The third kappa shape index (κ3) is 6.29. The van der Waals surface area contributed by atoms with Crippen LogP contribution in [0.5, 0.6) is 11.5 Å². The number of aryl methyl sites for hydroxylation is 1. The van der Waals surface area contributed by atoms with E-state index in [-0.39, 0.29) is 18.4 Å². The third-order valence-electron chi connectivity index (χ3n) is 4.91. The van der Waals surface area contributed by atoms with Crippen molar-refractivity contribution in [1.29, 1.82) is 0 Å². The highest BCUT2D eigenvalue weighted by Crippen LogP contribution is 2.27. The van der Waals surface area contributed by atoms with Crippen molar-refractivity contribution < 1.29 is 23.8 Å². The van der Waals surface area contributed by atoms with E-state index < -0.39 is 0 Å². The molecule has 1 fully saturated rings. The van der Waals surface area contributed by atoms with E-state index in [4.69, 9.17) is 14.2 Å². The summed E-state index contributed by atoms with van der Waals surface area (Å²) in [7, 11) is 1.52. The fraction of sp³-hybridized carbons (Fsp3) is 0.348. The van der Waals surface area contributed by atoms with Gasteiger partial charge in [-0.3, -0.25) is 9.59 Å². The van der Waals surface area contributed by atoms with E-state index in [2.05, 4.69) is 17.5 Å². The number of nitrogens with one attached hydrogen (secondary N) is 1. The fourth-order valence-electron chi connectivity index (χ4n) is 3.05. The minimum atomic E-state index is -0.285. The summed E-state index contributed by atoms with van der Waals surface area (Å²) < 4.78 is 16.3. The predicted octanol–water partition coefficient (Wildman–Crippen LogP) is 2.26. The van der Waals surface area contributed by atoms with Crippen LogP contribution in [-0.2, 0) is 16.0 Å². The van der Waals surface area contributed by atoms with Crippen molar-refractivity contribution in [3.8, 4) is 11.5 Å². The summed E-state index contributed by atoms with van der Waals surface area (Å²) in [5.74, 6) is 0.555. The van der Waals surface area contributed by atoms with Gasteiger partial charge < -0.3 is 19.1 Å². The number of hydrogen-bond donors (Lipinski definition) is 1. The number of carbonyl (C=O) groups excluding carboxylic acids is 2. The molecule has 8 heteroatoms. The van der Waals surface area contributed by atoms with Crippen molar-refractivity contribution in [3.05, 3.63) is 59.2 Å². The number of nitrogens with zero attached hydrogens (tertiary/aromatic N) is 2. The average molecular weight is 425 g/mol. The van der Waals surface area contributed by atoms with E-state index >= 15 is 0 Å². The maximum Gasteiger partial charge on any atom is 0.271 e. The highest BCUT2D eigenvalue weighted by atomic mass is 16.5. The number of methoxy groups -OCH3 is 1. The summed E-state index contributed by atoms with van der Waals surface area (Å²) in [6.07, 6.45) is 2.44. The van der Waals surface area contributed by atoms with Crippen LogP contribution in [0.15, 0.2) is 47.6 Å². The molecular weight excluding hydrogens is 398 g/mol. The molecule has 0 aliphatic carbocycles. The Labute approximate surface area is 181 Å². The van der Waals surface area contributed by atoms with E-state index in [1.54, 1.807) is 35.2 Å². The molecule has 1 N–H and O–H groups in total. The molecule has 2 aromatic carbocycles. The fourth-order valence-corrected chi connectivity index (χ4v) is 3.05. The molecule has 8 nitrogen and oxygen atoms in total. The third-order valence-corrected chi connectivity index (χ3v) is 4.91. The standard InChI is InChI=1S/C23H27N3O5/c1-3-17-4-7-19(8-5-17)23(28)25-24-15-18-6-9-20(21(14-18)29-2)31-16-22(27)26-10-12-30-13-11-26/h4-9,14-15H,3,10-13,16H2,1-2H3,(H,25,28)/b24-15-. The van der Waals surface area contributed by atoms with E-state index in [9.17, 15) is 9.59 Å². The first-order chi connectivity index (χ1) is 15.1. The first kappa shape index (κ1) is 22.3. The second kappa shape index (κ2) is 11.1. The van der Waals surface area contributed by atoms with Crippen LogP contribution in [0.25, 0.3) is 0 Å². The molecule has 0 aromatic heterocycles. The van der Waals surface area contributed by atoms with Crippen LogP contribution in [-0.4, -0.2) is 62.9 Å². The van der Waals surface area contributed by atoms with Crippen LogP contribution < -0.4 is 14.9 Å². The van der Waals surface area contributed by atoms with Gasteiger partial charge in [0.1, 0.15) is 0 Å². The Bertz CT molecular complexity index is 921. The molecule has 0 spiro atoms. The summed E-state index contributed by atoms with van der Waals surface area (Å²) in [5, 5.41) is 4.01. The molecule has 1 aliphatic rings. The maximum atomic E-state index is 12.2. The van der Waals surface area contributed by atoms with Crippen molar-refractivity contribution in [2.45, 2.75) is 13.3 Å². The zero-order chi connectivity index (χ0) is 22.1. The Kier molecular flexibility index (Phi) is 8.00. The van der Waals surface area contributed by atoms with Crippen molar-refractivity contribution in [3.63, 3.8) is 0 Å². The second-order valence-corrected chi connectivity index (χ2v) is 6.94. The van der Waals surface area contributed by atoms with Gasteiger partial charge in [0.05, 0.1) is 26.5 Å². The molecule has 2 amide bonds. The van der Waals surface area contributed by atoms with Gasteiger partial charge in [-0.15, -0.1) is 0 Å². The Morgan fingerprint density at radius 3 is 2.55 bits per heavy atom. The van der Waals surface area contributed by atoms with Gasteiger partial charge >= 0.3 is 0 Å². The normalized spacial score (nSPS) is 13.8. The Morgan fingerprint density at radius 2 is 1.87 bits per heavy atom. The minimum Gasteiger partial charge on any atom is -0.493 e. The van der Waals surface area contributed by atoms with Crippen LogP contribution >= 0.6 is 0 Å². The monoisotopic (exact) mass is 425 g/mol. The van der Waals surface area contributed by atoms with Crippen LogP contribution in [0.3, 0.4) is 0 Å². The van der Waals surface area contributed by atoms with E-state index in [1.807, 2.05) is 12.1 Å². The Morgan fingerprint density at radius 1 is 1.13 bits per heavy atom. The zero-order valence-corrected chi connectivity index (χ0v) is 17.8. The number of hydrogen-bond acceptors (Lipinski definition) is 6. The molecule has 164 valence electrons. The molecule has 0 atom stereocenters. The molecule has 3 rings (SSSR count). The number of hydrazone groups is 1. The van der Waals surface area contributed by atoms with Gasteiger partial charge in [-0.05, 0) is 47.9 Å². The van der Waals surface area contributed by atoms with E-state index in [0.29, 0.717) is 48.9 Å². The molecule has 1 heterocycles. The van der Waals surface area contributed by atoms with Gasteiger partial charge in [-0.1, -0.05) is 19.1 Å². The Hall–Kier alpha value is -3.39. The highest BCUT2D eigenvalue weighted by molar-refractivity contribution is 5.95. The van der Waals surface area contributed by atoms with Gasteiger partial charge in [0.15, 0.2) is 18.1 Å². The molecule has 31 heavy (non-hydrogen) atoms. The van der Waals surface area contributed by atoms with Crippen LogP contribution in [0.4, 0.5) is 0 Å². The van der Waals surface area contributed by atoms with E-state index in [0.717, 1.165) is 6.42 Å². The Balaban J connectivity index is 1.55. The summed E-state index contributed by atoms with van der Waals surface area (Å²) in [5.41, 5.74) is 4.93. The van der Waals surface area contributed by atoms with Crippen molar-refractivity contribution in [2.24, 2.45) is 5.10 Å². The molecule has 0 bridgehead atoms. The van der Waals surface area contributed by atoms with Crippen molar-refractivity contribution in [2.75, 3.05) is 40.0 Å². The number of amides is 2. The summed E-state index contributed by atoms with van der Waals surface area (Å²) in [4.78, 5) is 26.1. The van der Waals surface area contributed by atoms with Gasteiger partial charge in [0, 0.05) is 18.7 Å². The summed E-state index contributed by atoms with van der Waals surface area (Å²) in [6.45, 7) is 4.22. The van der Waals surface area contributed by atoms with E-state index in [1.165, 1.54) is 18.9 Å². The summed E-state index contributed by atoms with van der Waals surface area (Å²) >= 11 is 0. The highest BCUT2D eigenvalue weighted by Gasteiger charge is 2.18. The molecular formula is C23H27N3O5. The second-order valence-electron chi connectivity index (χ2n) is 6.94. The van der Waals surface area contributed by atoms with Crippen LogP contribution in [0, 0.1) is 0 Å². The predicted molar refractivity (Wildman–Crippen MR) is 117 cm³/mol. The van der Waals surface area contributed by atoms with Crippen LogP contribution in [0.1, 0.15) is 28.4 Å². The topological polar surface area (TPSA) is 89.5 Å². The molecule has 1 saturated heterocycles. The van der Waals surface area contributed by atoms with Crippen LogP contribution in [0.2, 0.25) is 0 Å². The van der Waals surface area contributed by atoms with Gasteiger partial charge in [-0.25, -0.2) is 5.43 Å². The number of carbonyl (C=O) groups is 2. The number of ether oxygens (including phenoxy) is 3. The first-order valence-corrected chi connectivity index (χ1v) is 10.2. The lowest BCUT2D eigenvalue weighted by molar-refractivity contribution is -0.137. The van der Waals surface area contributed by atoms with Gasteiger partial charge in [0.25, 0.3) is 11.8 Å². The van der Waals surface area contributed by atoms with Crippen molar-refractivity contribution >= 4 is 18.0 Å². The maximum absolute atomic E-state index is 12.2. The number of morpholine rings is 1. The largest absolute Gasteiger partial charge is 0.493 e. The lowest BCUT2D eigenvalue weighted by Gasteiger charge is -2.26. The number of benzene rings is 2. The molecule has 2 aromatic rings. The van der Waals surface area contributed by atoms with Crippen molar-refractivity contribution in [1.82, 2.24) is 10.3 Å². The molecule has 0 unspecified atom stereocenters. The SMILES string of the molecule is CCc1ccc(C(=O)N/N=C\c2ccc(OCC(=O)N3CCOCC3)c(OC)c2)cc1. The zero-order valence-electron chi connectivity index (χ0n) is 17.8. The minimum absolute atomic E-state index is 0.0727. The first-order valence-electron chi connectivity index (χ1n) is 10.2. The molecule has 1 aliphatic heterocycles. The number of rotatable bonds is 8. The lowest BCUT2D eigenvalue weighted by atomic mass is 10.1.